The highest BCUT2D eigenvalue weighted by Crippen LogP contribution is 2.27. The lowest BCUT2D eigenvalue weighted by Crippen LogP contribution is -2.03. The van der Waals surface area contributed by atoms with Crippen LogP contribution in [0.3, 0.4) is 0 Å². The van der Waals surface area contributed by atoms with Gasteiger partial charge in [-0.2, -0.15) is 4.98 Å². The van der Waals surface area contributed by atoms with E-state index in [9.17, 15) is 0 Å². The maximum atomic E-state index is 6.05. The Morgan fingerprint density at radius 1 is 1.13 bits per heavy atom. The number of para-hydroxylation sites is 1. The molecule has 0 spiro atoms. The molecular formula is C17H19N5O. The summed E-state index contributed by atoms with van der Waals surface area (Å²) in [7, 11) is 0. The lowest BCUT2D eigenvalue weighted by Gasteiger charge is -2.12. The number of hydrogen-bond acceptors (Lipinski definition) is 5. The monoisotopic (exact) mass is 309 g/mol. The summed E-state index contributed by atoms with van der Waals surface area (Å²) < 4.78 is 6.05. The number of aromatic nitrogens is 3. The molecule has 0 atom stereocenters. The Hall–Kier alpha value is -3.02. The summed E-state index contributed by atoms with van der Waals surface area (Å²) >= 11 is 0. The average Bonchev–Trinajstić information content (AvgIpc) is 2.91. The summed E-state index contributed by atoms with van der Waals surface area (Å²) in [6.07, 6.45) is 0. The van der Waals surface area contributed by atoms with Gasteiger partial charge in [-0.25, -0.2) is 5.10 Å². The fourth-order valence-electron chi connectivity index (χ4n) is 2.40. The second-order valence-electron chi connectivity index (χ2n) is 5.43. The van der Waals surface area contributed by atoms with E-state index in [1.807, 2.05) is 36.4 Å². The molecule has 0 radical (unpaired) electrons. The molecule has 0 saturated carbocycles. The molecule has 0 saturated heterocycles. The van der Waals surface area contributed by atoms with Crippen molar-refractivity contribution in [1.82, 2.24) is 15.2 Å². The van der Waals surface area contributed by atoms with Crippen molar-refractivity contribution in [2.24, 2.45) is 0 Å². The molecule has 0 aliphatic heterocycles. The highest BCUT2D eigenvalue weighted by molar-refractivity contribution is 5.42. The van der Waals surface area contributed by atoms with Crippen LogP contribution in [-0.4, -0.2) is 15.2 Å². The van der Waals surface area contributed by atoms with E-state index >= 15 is 0 Å². The van der Waals surface area contributed by atoms with Gasteiger partial charge < -0.3 is 15.8 Å². The summed E-state index contributed by atoms with van der Waals surface area (Å²) in [5.74, 6) is 2.38. The van der Waals surface area contributed by atoms with Crippen LogP contribution in [0, 0.1) is 13.8 Å². The molecule has 0 unspecified atom stereocenters. The minimum atomic E-state index is 0.285. The molecule has 3 rings (SSSR count). The summed E-state index contributed by atoms with van der Waals surface area (Å²) in [6.45, 7) is 4.65. The Balaban J connectivity index is 1.77. The van der Waals surface area contributed by atoms with Gasteiger partial charge >= 0.3 is 0 Å². The van der Waals surface area contributed by atoms with Crippen LogP contribution in [0.4, 0.5) is 11.9 Å². The number of nitrogens with two attached hydrogens (primary N) is 1. The number of aryl methyl sites for hydroxylation is 2. The Bertz CT molecular complexity index is 792. The van der Waals surface area contributed by atoms with E-state index in [0.717, 1.165) is 17.1 Å². The third-order valence-corrected chi connectivity index (χ3v) is 3.34. The number of nitrogen functional groups attached to an aromatic ring is 1. The number of aromatic amines is 1. The third kappa shape index (κ3) is 3.79. The van der Waals surface area contributed by atoms with Gasteiger partial charge in [-0.15, -0.1) is 5.10 Å². The van der Waals surface area contributed by atoms with Crippen molar-refractivity contribution in [3.8, 4) is 11.5 Å². The van der Waals surface area contributed by atoms with Crippen LogP contribution < -0.4 is 15.8 Å². The van der Waals surface area contributed by atoms with Crippen molar-refractivity contribution < 1.29 is 4.74 Å². The van der Waals surface area contributed by atoms with Crippen molar-refractivity contribution in [3.63, 3.8) is 0 Å². The topological polar surface area (TPSA) is 88.8 Å². The van der Waals surface area contributed by atoms with Crippen LogP contribution in [0.2, 0.25) is 0 Å². The lowest BCUT2D eigenvalue weighted by atomic mass is 10.1. The number of hydrogen-bond donors (Lipinski definition) is 3. The Labute approximate surface area is 134 Å². The van der Waals surface area contributed by atoms with Crippen LogP contribution in [0.25, 0.3) is 0 Å². The standard InChI is InChI=1S/C17H19N5O/c1-11-7-12(2)9-14(8-11)23-15-6-4-3-5-13(15)10-19-17-20-16(18)21-22-17/h3-9H,10H2,1-2H3,(H4,18,19,20,21,22). The summed E-state index contributed by atoms with van der Waals surface area (Å²) in [5, 5.41) is 9.67. The Morgan fingerprint density at radius 2 is 1.87 bits per heavy atom. The third-order valence-electron chi connectivity index (χ3n) is 3.34. The quantitative estimate of drug-likeness (QED) is 0.672. The molecule has 2 aromatic carbocycles. The second kappa shape index (κ2) is 6.39. The first kappa shape index (κ1) is 14.9. The number of ether oxygens (including phenoxy) is 1. The number of benzene rings is 2. The maximum Gasteiger partial charge on any atom is 0.243 e. The van der Waals surface area contributed by atoms with Gasteiger partial charge in [0.1, 0.15) is 11.5 Å². The molecule has 118 valence electrons. The van der Waals surface area contributed by atoms with Crippen LogP contribution in [0.5, 0.6) is 11.5 Å². The number of nitrogens with zero attached hydrogens (tertiary/aromatic N) is 2. The van der Waals surface area contributed by atoms with Crippen LogP contribution in [0.15, 0.2) is 42.5 Å². The predicted octanol–water partition coefficient (Wildman–Crippen LogP) is 3.41. The van der Waals surface area contributed by atoms with Crippen molar-refractivity contribution in [2.75, 3.05) is 11.1 Å². The molecule has 1 aromatic heterocycles. The molecule has 3 aromatic rings. The molecule has 1 heterocycles. The summed E-state index contributed by atoms with van der Waals surface area (Å²) in [6, 6.07) is 14.0. The summed E-state index contributed by atoms with van der Waals surface area (Å²) in [4.78, 5) is 4.02. The number of rotatable bonds is 5. The van der Waals surface area contributed by atoms with E-state index in [4.69, 9.17) is 10.5 Å². The van der Waals surface area contributed by atoms with Gasteiger partial charge in [0.05, 0.1) is 0 Å². The molecule has 4 N–H and O–H groups in total. The zero-order chi connectivity index (χ0) is 16.2. The fraction of sp³-hybridized carbons (Fsp3) is 0.176. The summed E-state index contributed by atoms with van der Waals surface area (Å²) in [5.41, 5.74) is 8.87. The van der Waals surface area contributed by atoms with E-state index in [-0.39, 0.29) is 5.95 Å². The number of nitrogens with one attached hydrogen (secondary N) is 2. The molecule has 0 aliphatic rings. The molecule has 0 fully saturated rings. The number of anilines is 2. The van der Waals surface area contributed by atoms with E-state index in [0.29, 0.717) is 12.5 Å². The van der Waals surface area contributed by atoms with Gasteiger partial charge in [0.25, 0.3) is 0 Å². The first-order valence-corrected chi connectivity index (χ1v) is 7.36. The van der Waals surface area contributed by atoms with Crippen LogP contribution in [-0.2, 0) is 6.54 Å². The van der Waals surface area contributed by atoms with Crippen molar-refractivity contribution in [1.29, 1.82) is 0 Å². The molecule has 0 amide bonds. The predicted molar refractivity (Wildman–Crippen MR) is 90.6 cm³/mol. The van der Waals surface area contributed by atoms with Gasteiger partial charge in [0, 0.05) is 12.1 Å². The van der Waals surface area contributed by atoms with Crippen molar-refractivity contribution in [2.45, 2.75) is 20.4 Å². The van der Waals surface area contributed by atoms with Crippen LogP contribution >= 0.6 is 0 Å². The fourth-order valence-corrected chi connectivity index (χ4v) is 2.40. The number of H-pyrrole nitrogens is 1. The smallest absolute Gasteiger partial charge is 0.243 e. The maximum absolute atomic E-state index is 6.05. The highest BCUT2D eigenvalue weighted by atomic mass is 16.5. The lowest BCUT2D eigenvalue weighted by molar-refractivity contribution is 0.476. The first-order chi connectivity index (χ1) is 11.1. The molecular weight excluding hydrogens is 290 g/mol. The Kier molecular flexibility index (Phi) is 4.14. The SMILES string of the molecule is Cc1cc(C)cc(Oc2ccccc2CNc2n[nH]c(N)n2)c1. The van der Waals surface area contributed by atoms with Crippen LogP contribution in [0.1, 0.15) is 16.7 Å². The zero-order valence-corrected chi connectivity index (χ0v) is 13.1. The zero-order valence-electron chi connectivity index (χ0n) is 13.1. The van der Waals surface area contributed by atoms with E-state index in [1.54, 1.807) is 0 Å². The van der Waals surface area contributed by atoms with E-state index in [1.165, 1.54) is 11.1 Å². The molecule has 23 heavy (non-hydrogen) atoms. The molecule has 6 nitrogen and oxygen atoms in total. The van der Waals surface area contributed by atoms with E-state index in [2.05, 4.69) is 40.4 Å². The van der Waals surface area contributed by atoms with Gasteiger partial charge in [0.2, 0.25) is 11.9 Å². The second-order valence-corrected chi connectivity index (χ2v) is 5.43. The minimum absolute atomic E-state index is 0.285. The normalized spacial score (nSPS) is 10.5. The average molecular weight is 309 g/mol. The molecule has 6 heteroatoms. The molecule has 0 aliphatic carbocycles. The highest BCUT2D eigenvalue weighted by Gasteiger charge is 2.07. The van der Waals surface area contributed by atoms with Gasteiger partial charge in [0.15, 0.2) is 0 Å². The first-order valence-electron chi connectivity index (χ1n) is 7.36. The van der Waals surface area contributed by atoms with Gasteiger partial charge in [-0.1, -0.05) is 24.3 Å². The largest absolute Gasteiger partial charge is 0.457 e. The van der Waals surface area contributed by atoms with Gasteiger partial charge in [-0.05, 0) is 43.2 Å². The van der Waals surface area contributed by atoms with Crippen molar-refractivity contribution >= 4 is 11.9 Å². The van der Waals surface area contributed by atoms with Crippen molar-refractivity contribution in [3.05, 3.63) is 59.2 Å². The Morgan fingerprint density at radius 3 is 2.57 bits per heavy atom. The van der Waals surface area contributed by atoms with Gasteiger partial charge in [-0.3, -0.25) is 0 Å². The minimum Gasteiger partial charge on any atom is -0.457 e. The molecule has 0 bridgehead atoms. The van der Waals surface area contributed by atoms with E-state index < -0.39 is 0 Å².